The van der Waals surface area contributed by atoms with Crippen LogP contribution in [0.5, 0.6) is 0 Å². The highest BCUT2D eigenvalue weighted by atomic mass is 16.5. The zero-order chi connectivity index (χ0) is 13.2. The zero-order valence-corrected chi connectivity index (χ0v) is 10.6. The van der Waals surface area contributed by atoms with Gasteiger partial charge in [0.15, 0.2) is 5.78 Å². The summed E-state index contributed by atoms with van der Waals surface area (Å²) in [7, 11) is 0. The highest BCUT2D eigenvalue weighted by Crippen LogP contribution is 2.26. The van der Waals surface area contributed by atoms with Gasteiger partial charge in [0.25, 0.3) is 0 Å². The highest BCUT2D eigenvalue weighted by molar-refractivity contribution is 5.96. The third kappa shape index (κ3) is 2.76. The molecular weight excluding hydrogens is 232 g/mol. The van der Waals surface area contributed by atoms with Crippen LogP contribution in [0, 0.1) is 5.41 Å². The van der Waals surface area contributed by atoms with Gasteiger partial charge in [-0.2, -0.15) is 0 Å². The lowest BCUT2D eigenvalue weighted by atomic mass is 9.90. The summed E-state index contributed by atoms with van der Waals surface area (Å²) < 4.78 is 10.3. The Morgan fingerprint density at radius 3 is 2.22 bits per heavy atom. The summed E-state index contributed by atoms with van der Waals surface area (Å²) >= 11 is 0. The van der Waals surface area contributed by atoms with Crippen molar-refractivity contribution in [1.82, 2.24) is 0 Å². The summed E-state index contributed by atoms with van der Waals surface area (Å²) in [5, 5.41) is 0. The molecule has 0 aliphatic carbocycles. The average molecular weight is 248 g/mol. The number of hydrogen-bond acceptors (Lipinski definition) is 4. The van der Waals surface area contributed by atoms with Gasteiger partial charge in [0.2, 0.25) is 0 Å². The van der Waals surface area contributed by atoms with E-state index < -0.39 is 0 Å². The third-order valence-corrected chi connectivity index (χ3v) is 2.98. The van der Waals surface area contributed by atoms with Crippen molar-refractivity contribution in [2.45, 2.75) is 13.8 Å². The Hall–Kier alpha value is -1.68. The van der Waals surface area contributed by atoms with Crippen molar-refractivity contribution in [2.75, 3.05) is 19.8 Å². The molecule has 0 saturated carbocycles. The molecule has 0 radical (unpaired) electrons. The van der Waals surface area contributed by atoms with Crippen molar-refractivity contribution >= 4 is 11.8 Å². The molecule has 1 aliphatic rings. The van der Waals surface area contributed by atoms with Crippen LogP contribution in [0.15, 0.2) is 24.3 Å². The smallest absolute Gasteiger partial charge is 0.338 e. The summed E-state index contributed by atoms with van der Waals surface area (Å²) in [5.74, 6) is -0.382. The second kappa shape index (κ2) is 4.90. The van der Waals surface area contributed by atoms with Crippen molar-refractivity contribution in [3.05, 3.63) is 35.4 Å². The Morgan fingerprint density at radius 1 is 1.22 bits per heavy atom. The van der Waals surface area contributed by atoms with Crippen molar-refractivity contribution < 1.29 is 19.1 Å². The van der Waals surface area contributed by atoms with Gasteiger partial charge in [-0.05, 0) is 19.1 Å². The quantitative estimate of drug-likeness (QED) is 0.604. The van der Waals surface area contributed by atoms with E-state index in [1.54, 1.807) is 24.3 Å². The third-order valence-electron chi connectivity index (χ3n) is 2.98. The molecule has 0 amide bonds. The fraction of sp³-hybridized carbons (Fsp3) is 0.429. The summed E-state index contributed by atoms with van der Waals surface area (Å²) in [6.07, 6.45) is 0. The SMILES string of the molecule is CC(=O)c1ccc(C(=O)OCC2(C)COC2)cc1. The summed E-state index contributed by atoms with van der Waals surface area (Å²) in [6.45, 7) is 5.13. The number of ketones is 1. The van der Waals surface area contributed by atoms with Crippen LogP contribution in [-0.2, 0) is 9.47 Å². The maximum atomic E-state index is 11.8. The Bertz CT molecular complexity index is 457. The molecule has 0 atom stereocenters. The maximum Gasteiger partial charge on any atom is 0.338 e. The van der Waals surface area contributed by atoms with Crippen molar-refractivity contribution in [2.24, 2.45) is 5.41 Å². The topological polar surface area (TPSA) is 52.6 Å². The first-order valence-corrected chi connectivity index (χ1v) is 5.86. The van der Waals surface area contributed by atoms with Crippen molar-refractivity contribution in [1.29, 1.82) is 0 Å². The monoisotopic (exact) mass is 248 g/mol. The number of esters is 1. The Morgan fingerprint density at radius 2 is 1.78 bits per heavy atom. The minimum atomic E-state index is -0.363. The molecule has 0 N–H and O–H groups in total. The Balaban J connectivity index is 1.94. The summed E-state index contributed by atoms with van der Waals surface area (Å²) in [4.78, 5) is 22.9. The number of carbonyl (C=O) groups excluding carboxylic acids is 2. The number of ether oxygens (including phenoxy) is 2. The minimum absolute atomic E-state index is 0.0194. The van der Waals surface area contributed by atoms with Gasteiger partial charge in [-0.15, -0.1) is 0 Å². The van der Waals surface area contributed by atoms with Crippen LogP contribution < -0.4 is 0 Å². The van der Waals surface area contributed by atoms with E-state index in [2.05, 4.69) is 0 Å². The molecule has 4 nitrogen and oxygen atoms in total. The first-order chi connectivity index (χ1) is 8.50. The Kier molecular flexibility index (Phi) is 3.48. The Labute approximate surface area is 106 Å². The molecule has 0 aromatic heterocycles. The molecular formula is C14H16O4. The van der Waals surface area contributed by atoms with Crippen LogP contribution >= 0.6 is 0 Å². The normalized spacial score (nSPS) is 16.8. The van der Waals surface area contributed by atoms with E-state index in [-0.39, 0.29) is 17.2 Å². The lowest BCUT2D eigenvalue weighted by Gasteiger charge is -2.37. The first-order valence-electron chi connectivity index (χ1n) is 5.86. The lowest BCUT2D eigenvalue weighted by molar-refractivity contribution is -0.127. The van der Waals surface area contributed by atoms with E-state index in [0.29, 0.717) is 30.9 Å². The number of rotatable bonds is 4. The van der Waals surface area contributed by atoms with Gasteiger partial charge in [-0.25, -0.2) is 4.79 Å². The van der Waals surface area contributed by atoms with Gasteiger partial charge in [0.05, 0.1) is 18.8 Å². The van der Waals surface area contributed by atoms with E-state index in [1.807, 2.05) is 6.92 Å². The van der Waals surface area contributed by atoms with E-state index in [1.165, 1.54) is 6.92 Å². The molecule has 0 unspecified atom stereocenters. The van der Waals surface area contributed by atoms with E-state index in [4.69, 9.17) is 9.47 Å². The first kappa shape index (κ1) is 12.8. The van der Waals surface area contributed by atoms with Crippen LogP contribution in [0.4, 0.5) is 0 Å². The predicted molar refractivity (Wildman–Crippen MR) is 65.7 cm³/mol. The predicted octanol–water partition coefficient (Wildman–Crippen LogP) is 2.08. The molecule has 0 bridgehead atoms. The molecule has 96 valence electrons. The average Bonchev–Trinajstić information content (AvgIpc) is 2.33. The van der Waals surface area contributed by atoms with Gasteiger partial charge in [-0.1, -0.05) is 19.1 Å². The van der Waals surface area contributed by atoms with Crippen LogP contribution in [0.25, 0.3) is 0 Å². The number of benzene rings is 1. The molecule has 1 aliphatic heterocycles. The maximum absolute atomic E-state index is 11.8. The van der Waals surface area contributed by atoms with Gasteiger partial charge in [0.1, 0.15) is 6.61 Å². The lowest BCUT2D eigenvalue weighted by Crippen LogP contribution is -2.44. The van der Waals surface area contributed by atoms with Crippen LogP contribution in [0.2, 0.25) is 0 Å². The second-order valence-electron chi connectivity index (χ2n) is 5.01. The number of Topliss-reactive ketones (excluding diaryl/α,β-unsaturated/α-hetero) is 1. The molecule has 0 spiro atoms. The van der Waals surface area contributed by atoms with Gasteiger partial charge >= 0.3 is 5.97 Å². The molecule has 1 heterocycles. The molecule has 1 saturated heterocycles. The second-order valence-corrected chi connectivity index (χ2v) is 5.01. The van der Waals surface area contributed by atoms with Crippen molar-refractivity contribution in [3.8, 4) is 0 Å². The van der Waals surface area contributed by atoms with E-state index >= 15 is 0 Å². The van der Waals surface area contributed by atoms with E-state index in [9.17, 15) is 9.59 Å². The van der Waals surface area contributed by atoms with Crippen LogP contribution in [-0.4, -0.2) is 31.6 Å². The number of hydrogen-bond donors (Lipinski definition) is 0. The zero-order valence-electron chi connectivity index (χ0n) is 10.6. The standard InChI is InChI=1S/C14H16O4/c1-10(15)11-3-5-12(6-4-11)13(16)18-9-14(2)7-17-8-14/h3-6H,7-9H2,1-2H3. The fourth-order valence-corrected chi connectivity index (χ4v) is 1.70. The van der Waals surface area contributed by atoms with Gasteiger partial charge in [0, 0.05) is 11.0 Å². The van der Waals surface area contributed by atoms with Crippen LogP contribution in [0.1, 0.15) is 34.6 Å². The number of carbonyl (C=O) groups is 2. The van der Waals surface area contributed by atoms with Crippen LogP contribution in [0.3, 0.4) is 0 Å². The largest absolute Gasteiger partial charge is 0.461 e. The molecule has 4 heteroatoms. The van der Waals surface area contributed by atoms with Gasteiger partial charge in [-0.3, -0.25) is 4.79 Å². The molecule has 2 rings (SSSR count). The molecule has 1 aromatic rings. The minimum Gasteiger partial charge on any atom is -0.461 e. The van der Waals surface area contributed by atoms with E-state index in [0.717, 1.165) is 0 Å². The molecule has 1 fully saturated rings. The van der Waals surface area contributed by atoms with Crippen molar-refractivity contribution in [3.63, 3.8) is 0 Å². The summed E-state index contributed by atoms with van der Waals surface area (Å²) in [6, 6.07) is 6.48. The van der Waals surface area contributed by atoms with Gasteiger partial charge < -0.3 is 9.47 Å². The summed E-state index contributed by atoms with van der Waals surface area (Å²) in [5.41, 5.74) is 1.00. The highest BCUT2D eigenvalue weighted by Gasteiger charge is 2.34. The molecule has 1 aromatic carbocycles. The fourth-order valence-electron chi connectivity index (χ4n) is 1.70. The molecule has 18 heavy (non-hydrogen) atoms.